The van der Waals surface area contributed by atoms with Gasteiger partial charge in [-0.25, -0.2) is 0 Å². The van der Waals surface area contributed by atoms with Gasteiger partial charge in [0.1, 0.15) is 0 Å². The summed E-state index contributed by atoms with van der Waals surface area (Å²) in [5, 5.41) is 0. The van der Waals surface area contributed by atoms with E-state index in [1.54, 1.807) is 0 Å². The lowest BCUT2D eigenvalue weighted by atomic mass is 9.98. The summed E-state index contributed by atoms with van der Waals surface area (Å²) in [5.74, 6) is 0. The maximum Gasteiger partial charge on any atom is 0.0239 e. The molecule has 2 N–H and O–H groups in total. The number of nitrogens with two attached hydrogens (primary N) is 1. The molecular formula is C15H22N2. The normalized spacial score (nSPS) is 33.6. The van der Waals surface area contributed by atoms with Crippen molar-refractivity contribution in [2.24, 2.45) is 5.73 Å². The number of nitrogens with zero attached hydrogens (tertiary/aromatic N) is 1. The summed E-state index contributed by atoms with van der Waals surface area (Å²) in [7, 11) is 0. The van der Waals surface area contributed by atoms with Crippen LogP contribution in [0.2, 0.25) is 0 Å². The summed E-state index contributed by atoms with van der Waals surface area (Å²) in [4.78, 5) is 2.71. The molecular weight excluding hydrogens is 208 g/mol. The van der Waals surface area contributed by atoms with Crippen molar-refractivity contribution in [2.45, 2.75) is 56.8 Å². The monoisotopic (exact) mass is 230 g/mol. The molecule has 0 saturated carbocycles. The van der Waals surface area contributed by atoms with Crippen LogP contribution in [0.3, 0.4) is 0 Å². The molecule has 1 aromatic carbocycles. The molecule has 1 aromatic rings. The van der Waals surface area contributed by atoms with Gasteiger partial charge in [-0.15, -0.1) is 0 Å². The molecule has 0 unspecified atom stereocenters. The predicted molar refractivity (Wildman–Crippen MR) is 70.6 cm³/mol. The van der Waals surface area contributed by atoms with Crippen LogP contribution in [-0.2, 0) is 6.54 Å². The second kappa shape index (κ2) is 4.79. The summed E-state index contributed by atoms with van der Waals surface area (Å²) in [6.07, 6.45) is 6.44. The lowest BCUT2D eigenvalue weighted by molar-refractivity contribution is 0.184. The summed E-state index contributed by atoms with van der Waals surface area (Å²) in [6, 6.07) is 12.8. The third-order valence-corrected chi connectivity index (χ3v) is 4.42. The smallest absolute Gasteiger partial charge is 0.0239 e. The molecule has 2 heteroatoms. The Kier molecular flexibility index (Phi) is 3.17. The standard InChI is InChI=1S/C15H22N2/c16-13-6-7-14-8-9-15(10-13)17(14)11-12-4-2-1-3-5-12/h1-5,13-15H,6-11,16H2/t13-,14+,15-/m1/s1. The minimum absolute atomic E-state index is 0.434. The van der Waals surface area contributed by atoms with Crippen molar-refractivity contribution in [2.75, 3.05) is 0 Å². The van der Waals surface area contributed by atoms with Crippen LogP contribution in [0.25, 0.3) is 0 Å². The minimum atomic E-state index is 0.434. The molecule has 0 spiro atoms. The first-order valence-corrected chi connectivity index (χ1v) is 6.88. The highest BCUT2D eigenvalue weighted by atomic mass is 15.2. The second-order valence-electron chi connectivity index (χ2n) is 5.62. The molecule has 2 heterocycles. The number of hydrogen-bond donors (Lipinski definition) is 1. The predicted octanol–water partition coefficient (Wildman–Crippen LogP) is 2.53. The van der Waals surface area contributed by atoms with Crippen molar-refractivity contribution in [3.8, 4) is 0 Å². The first-order valence-electron chi connectivity index (χ1n) is 6.88. The van der Waals surface area contributed by atoms with Gasteiger partial charge in [0.2, 0.25) is 0 Å². The van der Waals surface area contributed by atoms with Gasteiger partial charge < -0.3 is 5.73 Å². The van der Waals surface area contributed by atoms with Crippen molar-refractivity contribution >= 4 is 0 Å². The fraction of sp³-hybridized carbons (Fsp3) is 0.600. The van der Waals surface area contributed by atoms with Gasteiger partial charge in [0.05, 0.1) is 0 Å². The number of rotatable bonds is 2. The fourth-order valence-electron chi connectivity index (χ4n) is 3.50. The quantitative estimate of drug-likeness (QED) is 0.846. The Hall–Kier alpha value is -0.860. The molecule has 2 fully saturated rings. The van der Waals surface area contributed by atoms with Crippen LogP contribution in [0.15, 0.2) is 30.3 Å². The van der Waals surface area contributed by atoms with E-state index in [2.05, 4.69) is 35.2 Å². The van der Waals surface area contributed by atoms with Crippen molar-refractivity contribution in [1.29, 1.82) is 0 Å². The molecule has 0 aliphatic carbocycles. The molecule has 2 aliphatic heterocycles. The van der Waals surface area contributed by atoms with Crippen molar-refractivity contribution < 1.29 is 0 Å². The van der Waals surface area contributed by atoms with E-state index in [1.807, 2.05) is 0 Å². The van der Waals surface area contributed by atoms with Crippen LogP contribution in [-0.4, -0.2) is 23.0 Å². The van der Waals surface area contributed by atoms with Gasteiger partial charge in [0, 0.05) is 24.7 Å². The zero-order valence-electron chi connectivity index (χ0n) is 10.4. The molecule has 0 radical (unpaired) electrons. The number of hydrogen-bond acceptors (Lipinski definition) is 2. The molecule has 3 rings (SSSR count). The molecule has 2 nitrogen and oxygen atoms in total. The van der Waals surface area contributed by atoms with Gasteiger partial charge in [-0.1, -0.05) is 30.3 Å². The van der Waals surface area contributed by atoms with E-state index >= 15 is 0 Å². The molecule has 0 amide bonds. The maximum atomic E-state index is 6.15. The number of fused-ring (bicyclic) bond motifs is 2. The zero-order chi connectivity index (χ0) is 11.7. The van der Waals surface area contributed by atoms with E-state index in [0.29, 0.717) is 6.04 Å². The Labute approximate surface area is 104 Å². The van der Waals surface area contributed by atoms with Crippen molar-refractivity contribution in [1.82, 2.24) is 4.90 Å². The molecule has 0 aromatic heterocycles. The zero-order valence-corrected chi connectivity index (χ0v) is 10.4. The third-order valence-electron chi connectivity index (χ3n) is 4.42. The first-order chi connectivity index (χ1) is 8.33. The molecule has 3 atom stereocenters. The molecule has 2 saturated heterocycles. The Bertz CT molecular complexity index is 362. The van der Waals surface area contributed by atoms with Crippen LogP contribution in [0.4, 0.5) is 0 Å². The van der Waals surface area contributed by atoms with Gasteiger partial charge in [0.25, 0.3) is 0 Å². The summed E-state index contributed by atoms with van der Waals surface area (Å²) >= 11 is 0. The molecule has 2 bridgehead atoms. The van der Waals surface area contributed by atoms with E-state index in [0.717, 1.165) is 18.6 Å². The maximum absolute atomic E-state index is 6.15. The minimum Gasteiger partial charge on any atom is -0.328 e. The topological polar surface area (TPSA) is 29.3 Å². The van der Waals surface area contributed by atoms with Crippen molar-refractivity contribution in [3.05, 3.63) is 35.9 Å². The van der Waals surface area contributed by atoms with Crippen LogP contribution in [0.5, 0.6) is 0 Å². The van der Waals surface area contributed by atoms with Gasteiger partial charge in [0.15, 0.2) is 0 Å². The largest absolute Gasteiger partial charge is 0.328 e. The third kappa shape index (κ3) is 2.38. The van der Waals surface area contributed by atoms with Gasteiger partial charge in [-0.3, -0.25) is 4.90 Å². The van der Waals surface area contributed by atoms with Crippen LogP contribution in [0.1, 0.15) is 37.7 Å². The summed E-state index contributed by atoms with van der Waals surface area (Å²) in [5.41, 5.74) is 7.59. The van der Waals surface area contributed by atoms with Gasteiger partial charge in [-0.2, -0.15) is 0 Å². The second-order valence-corrected chi connectivity index (χ2v) is 5.62. The van der Waals surface area contributed by atoms with Crippen molar-refractivity contribution in [3.63, 3.8) is 0 Å². The highest BCUT2D eigenvalue weighted by molar-refractivity contribution is 5.15. The van der Waals surface area contributed by atoms with E-state index in [9.17, 15) is 0 Å². The molecule has 2 aliphatic rings. The Morgan fingerprint density at radius 3 is 2.53 bits per heavy atom. The summed E-state index contributed by atoms with van der Waals surface area (Å²) < 4.78 is 0. The van der Waals surface area contributed by atoms with E-state index < -0.39 is 0 Å². The fourth-order valence-corrected chi connectivity index (χ4v) is 3.50. The highest BCUT2D eigenvalue weighted by Gasteiger charge is 2.36. The van der Waals surface area contributed by atoms with Gasteiger partial charge >= 0.3 is 0 Å². The Balaban J connectivity index is 1.74. The van der Waals surface area contributed by atoms with Gasteiger partial charge in [-0.05, 0) is 37.7 Å². The molecule has 92 valence electrons. The average molecular weight is 230 g/mol. The summed E-state index contributed by atoms with van der Waals surface area (Å²) in [6.45, 7) is 1.11. The van der Waals surface area contributed by atoms with Crippen LogP contribution >= 0.6 is 0 Å². The average Bonchev–Trinajstić information content (AvgIpc) is 2.62. The molecule has 17 heavy (non-hydrogen) atoms. The van der Waals surface area contributed by atoms with E-state index in [4.69, 9.17) is 5.73 Å². The first kappa shape index (κ1) is 11.2. The Morgan fingerprint density at radius 2 is 1.71 bits per heavy atom. The van der Waals surface area contributed by atoms with E-state index in [-0.39, 0.29) is 0 Å². The highest BCUT2D eigenvalue weighted by Crippen LogP contribution is 2.34. The van der Waals surface area contributed by atoms with Crippen LogP contribution < -0.4 is 5.73 Å². The lowest BCUT2D eigenvalue weighted by Crippen LogP contribution is -2.35. The SMILES string of the molecule is N[C@@H]1CC[C@H]2CC[C@H](C1)N2Cc1ccccc1. The Morgan fingerprint density at radius 1 is 1.00 bits per heavy atom. The number of benzene rings is 1. The van der Waals surface area contributed by atoms with Crippen LogP contribution in [0, 0.1) is 0 Å². The van der Waals surface area contributed by atoms with E-state index in [1.165, 1.54) is 37.7 Å². The lowest BCUT2D eigenvalue weighted by Gasteiger charge is -2.28.